The van der Waals surface area contributed by atoms with Crippen LogP contribution in [0.3, 0.4) is 0 Å². The number of ether oxygens (including phenoxy) is 4. The number of nitrogens with one attached hydrogen (secondary N) is 1. The minimum absolute atomic E-state index is 0.0275. The lowest BCUT2D eigenvalue weighted by Crippen LogP contribution is -2.70. The molecule has 39 heavy (non-hydrogen) atoms. The van der Waals surface area contributed by atoms with Crippen LogP contribution >= 0.6 is 0 Å². The molecule has 2 aromatic rings. The van der Waals surface area contributed by atoms with Gasteiger partial charge in [0.1, 0.15) is 48.5 Å². The van der Waals surface area contributed by atoms with Gasteiger partial charge < -0.3 is 54.9 Å². The Balaban J connectivity index is 1.59. The van der Waals surface area contributed by atoms with Crippen LogP contribution in [0.1, 0.15) is 18.1 Å². The number of hydrogen-bond donors (Lipinski definition) is 7. The highest BCUT2D eigenvalue weighted by Gasteiger charge is 2.56. The summed E-state index contributed by atoms with van der Waals surface area (Å²) < 4.78 is 37.2. The van der Waals surface area contributed by atoms with Crippen LogP contribution in [0.5, 0.6) is 0 Å². The van der Waals surface area contributed by atoms with Crippen molar-refractivity contribution in [3.05, 3.63) is 71.5 Å². The van der Waals surface area contributed by atoms with Crippen LogP contribution in [0.4, 0.5) is 4.39 Å². The maximum absolute atomic E-state index is 13.3. The average Bonchev–Trinajstić information content (AvgIpc) is 2.94. The molecule has 2 saturated heterocycles. The third-order valence-electron chi connectivity index (χ3n) is 7.08. The van der Waals surface area contributed by atoms with E-state index in [2.05, 4.69) is 5.32 Å². The Morgan fingerprint density at radius 3 is 2.13 bits per heavy atom. The van der Waals surface area contributed by atoms with Crippen molar-refractivity contribution >= 4 is 0 Å². The lowest BCUT2D eigenvalue weighted by atomic mass is 9.92. The fourth-order valence-electron chi connectivity index (χ4n) is 4.87. The molecule has 11 nitrogen and oxygen atoms in total. The molecule has 12 heteroatoms. The summed E-state index contributed by atoms with van der Waals surface area (Å²) in [6, 6.07) is 13.6. The van der Waals surface area contributed by atoms with Crippen LogP contribution in [0, 0.1) is 5.82 Å². The molecule has 0 saturated carbocycles. The van der Waals surface area contributed by atoms with Crippen molar-refractivity contribution in [3.63, 3.8) is 0 Å². The number of hydrogen-bond acceptors (Lipinski definition) is 11. The summed E-state index contributed by atoms with van der Waals surface area (Å²) >= 11 is 0. The van der Waals surface area contributed by atoms with E-state index in [4.69, 9.17) is 18.9 Å². The van der Waals surface area contributed by atoms with Crippen molar-refractivity contribution in [2.45, 2.75) is 80.9 Å². The Bertz CT molecular complexity index is 1030. The monoisotopic (exact) mass is 553 g/mol. The third-order valence-corrected chi connectivity index (χ3v) is 7.08. The summed E-state index contributed by atoms with van der Waals surface area (Å²) in [5, 5.41) is 65.5. The first-order valence-corrected chi connectivity index (χ1v) is 12.7. The summed E-state index contributed by atoms with van der Waals surface area (Å²) in [7, 11) is 0. The summed E-state index contributed by atoms with van der Waals surface area (Å²) in [6.07, 6.45) is -11.1. The Hall–Kier alpha value is -2.07. The lowest BCUT2D eigenvalue weighted by molar-refractivity contribution is -0.413. The highest BCUT2D eigenvalue weighted by atomic mass is 19.1. The van der Waals surface area contributed by atoms with Gasteiger partial charge in [0.15, 0.2) is 12.1 Å². The van der Waals surface area contributed by atoms with Gasteiger partial charge in [0.25, 0.3) is 0 Å². The molecular formula is C27H36FNO10. The van der Waals surface area contributed by atoms with Gasteiger partial charge in [-0.05, 0) is 30.2 Å². The molecule has 2 aliphatic rings. The topological polar surface area (TPSA) is 170 Å². The van der Waals surface area contributed by atoms with E-state index in [1.807, 2.05) is 30.3 Å². The van der Waals surface area contributed by atoms with Crippen LogP contribution in [0.25, 0.3) is 0 Å². The molecule has 0 spiro atoms. The van der Waals surface area contributed by atoms with E-state index in [0.717, 1.165) is 5.56 Å². The maximum Gasteiger partial charge on any atom is 0.197 e. The molecule has 0 amide bonds. The van der Waals surface area contributed by atoms with Crippen molar-refractivity contribution in [1.82, 2.24) is 5.32 Å². The predicted molar refractivity (Wildman–Crippen MR) is 133 cm³/mol. The van der Waals surface area contributed by atoms with Crippen LogP contribution in [-0.4, -0.2) is 105 Å². The van der Waals surface area contributed by atoms with Gasteiger partial charge in [0, 0.05) is 6.54 Å². The molecule has 0 aliphatic carbocycles. The molecule has 6 unspecified atom stereocenters. The van der Waals surface area contributed by atoms with Crippen molar-refractivity contribution < 1.29 is 54.0 Å². The minimum Gasteiger partial charge on any atom is -0.394 e. The zero-order valence-corrected chi connectivity index (χ0v) is 21.4. The highest BCUT2D eigenvalue weighted by molar-refractivity contribution is 5.16. The summed E-state index contributed by atoms with van der Waals surface area (Å²) in [5.41, 5.74) is 1.45. The number of rotatable bonds is 10. The fourth-order valence-corrected chi connectivity index (χ4v) is 4.87. The first-order chi connectivity index (χ1) is 18.7. The molecule has 2 aliphatic heterocycles. The molecule has 0 aromatic heterocycles. The molecule has 2 aromatic carbocycles. The number of halogens is 1. The third kappa shape index (κ3) is 6.81. The van der Waals surface area contributed by atoms with Gasteiger partial charge in [-0.25, -0.2) is 4.39 Å². The SMILES string of the molecule is C[C@]1(O[C@H]2OC(CO)[C@@H](O)C(O)C2NCc2ccc(F)cc2)OC(CO)[C@@H](O)C(O)C1OCc1ccccc1. The zero-order valence-electron chi connectivity index (χ0n) is 21.4. The van der Waals surface area contributed by atoms with Crippen molar-refractivity contribution in [3.8, 4) is 0 Å². The Labute approximate surface area is 225 Å². The van der Waals surface area contributed by atoms with Gasteiger partial charge in [-0.2, -0.15) is 0 Å². The smallest absolute Gasteiger partial charge is 0.197 e. The van der Waals surface area contributed by atoms with Crippen molar-refractivity contribution in [1.29, 1.82) is 0 Å². The van der Waals surface area contributed by atoms with Gasteiger partial charge in [0.05, 0.1) is 25.9 Å². The van der Waals surface area contributed by atoms with E-state index in [0.29, 0.717) is 5.56 Å². The van der Waals surface area contributed by atoms with E-state index in [9.17, 15) is 35.0 Å². The van der Waals surface area contributed by atoms with E-state index in [1.54, 1.807) is 12.1 Å². The molecule has 10 atom stereocenters. The summed E-state index contributed by atoms with van der Waals surface area (Å²) in [5.74, 6) is -2.24. The average molecular weight is 554 g/mol. The van der Waals surface area contributed by atoms with Gasteiger partial charge >= 0.3 is 0 Å². The minimum atomic E-state index is -1.83. The molecule has 7 N–H and O–H groups in total. The largest absolute Gasteiger partial charge is 0.394 e. The fraction of sp³-hybridized carbons (Fsp3) is 0.556. The van der Waals surface area contributed by atoms with Gasteiger partial charge in [0.2, 0.25) is 0 Å². The van der Waals surface area contributed by atoms with E-state index >= 15 is 0 Å². The van der Waals surface area contributed by atoms with E-state index in [-0.39, 0.29) is 13.2 Å². The predicted octanol–water partition coefficient (Wildman–Crippen LogP) is -0.846. The first-order valence-electron chi connectivity index (χ1n) is 12.7. The number of aliphatic hydroxyl groups excluding tert-OH is 6. The summed E-state index contributed by atoms with van der Waals surface area (Å²) in [4.78, 5) is 0. The Morgan fingerprint density at radius 1 is 0.846 bits per heavy atom. The van der Waals surface area contributed by atoms with E-state index in [1.165, 1.54) is 19.1 Å². The quantitative estimate of drug-likeness (QED) is 0.196. The molecular weight excluding hydrogens is 517 g/mol. The standard InChI is InChI=1S/C27H36FNO10/c1-27(25(24(35)22(33)19(13-31)38-27)36-14-16-5-3-2-4-6-16)39-26-20(23(34)21(32)18(12-30)37-26)29-11-15-7-9-17(28)10-8-15/h2-10,18-26,29-35H,11-14H2,1H3/t18?,19?,20?,21-,22-,23?,24?,25?,26-,27-/m1/s1. The first kappa shape index (κ1) is 29.9. The second-order valence-electron chi connectivity index (χ2n) is 9.91. The van der Waals surface area contributed by atoms with Gasteiger partial charge in [-0.15, -0.1) is 0 Å². The van der Waals surface area contributed by atoms with Crippen LogP contribution in [0.15, 0.2) is 54.6 Å². The lowest BCUT2D eigenvalue weighted by Gasteiger charge is -2.51. The molecule has 0 bridgehead atoms. The van der Waals surface area contributed by atoms with E-state index < -0.39 is 79.9 Å². The molecule has 2 heterocycles. The van der Waals surface area contributed by atoms with Crippen molar-refractivity contribution in [2.75, 3.05) is 13.2 Å². The molecule has 4 rings (SSSR count). The molecule has 2 fully saturated rings. The van der Waals surface area contributed by atoms with Crippen LogP contribution in [0.2, 0.25) is 0 Å². The Morgan fingerprint density at radius 2 is 1.49 bits per heavy atom. The summed E-state index contributed by atoms with van der Waals surface area (Å²) in [6.45, 7) is 0.329. The highest BCUT2D eigenvalue weighted by Crippen LogP contribution is 2.37. The maximum atomic E-state index is 13.3. The van der Waals surface area contributed by atoms with Crippen LogP contribution in [-0.2, 0) is 32.1 Å². The van der Waals surface area contributed by atoms with Crippen LogP contribution < -0.4 is 5.32 Å². The molecule has 216 valence electrons. The van der Waals surface area contributed by atoms with Crippen molar-refractivity contribution in [2.24, 2.45) is 0 Å². The number of aliphatic hydroxyl groups is 6. The molecule has 0 radical (unpaired) electrons. The second-order valence-corrected chi connectivity index (χ2v) is 9.91. The van der Waals surface area contributed by atoms with Gasteiger partial charge in [-0.3, -0.25) is 0 Å². The van der Waals surface area contributed by atoms with Gasteiger partial charge in [-0.1, -0.05) is 42.5 Å². The Kier molecular flexibility index (Phi) is 10.0. The number of benzene rings is 2. The normalized spacial score (nSPS) is 37.1. The zero-order chi connectivity index (χ0) is 28.2. The second kappa shape index (κ2) is 13.1.